The number of nitrogens with zero attached hydrogens (tertiary/aromatic N) is 1. The van der Waals surface area contributed by atoms with Gasteiger partial charge in [0.2, 0.25) is 0 Å². The summed E-state index contributed by atoms with van der Waals surface area (Å²) in [7, 11) is 5.94. The van der Waals surface area contributed by atoms with Crippen LogP contribution in [0, 0.1) is 0 Å². The Hall–Kier alpha value is -5.35. The van der Waals surface area contributed by atoms with Crippen LogP contribution in [0.1, 0.15) is 348 Å². The Morgan fingerprint density at radius 2 is 0.524 bits per heavy atom. The molecule has 2 unspecified atom stereocenters. The maximum absolute atomic E-state index is 13.0. The fourth-order valence-corrected chi connectivity index (χ4v) is 11.6. The smallest absolute Gasteiger partial charge is 0.306 e. The van der Waals surface area contributed by atoms with Crippen LogP contribution in [-0.2, 0) is 33.3 Å². The zero-order valence-corrected chi connectivity index (χ0v) is 67.1. The summed E-state index contributed by atoms with van der Waals surface area (Å²) in [6, 6.07) is 0. The first-order valence-corrected chi connectivity index (χ1v) is 42.3. The van der Waals surface area contributed by atoms with Crippen molar-refractivity contribution in [1.82, 2.24) is 0 Å². The van der Waals surface area contributed by atoms with Gasteiger partial charge in [0.15, 0.2) is 12.4 Å². The summed E-state index contributed by atoms with van der Waals surface area (Å²) >= 11 is 0. The van der Waals surface area contributed by atoms with Gasteiger partial charge in [-0.1, -0.05) is 377 Å². The molecule has 103 heavy (non-hydrogen) atoms. The zero-order chi connectivity index (χ0) is 74.6. The van der Waals surface area contributed by atoms with Gasteiger partial charge in [-0.25, -0.2) is 0 Å². The van der Waals surface area contributed by atoms with Gasteiger partial charge in [-0.15, -0.1) is 0 Å². The number of likely N-dealkylation sites (N-methyl/N-ethyl adjacent to an activating group) is 1. The molecule has 586 valence electrons. The summed E-state index contributed by atoms with van der Waals surface area (Å²) in [6.45, 7) is 4.54. The van der Waals surface area contributed by atoms with Gasteiger partial charge in [-0.05, 0) is 128 Å². The third-order valence-corrected chi connectivity index (χ3v) is 18.0. The molecule has 0 saturated carbocycles. The third-order valence-electron chi connectivity index (χ3n) is 18.0. The Kier molecular flexibility index (Phi) is 78.0. The van der Waals surface area contributed by atoms with Crippen molar-refractivity contribution in [3.63, 3.8) is 0 Å². The van der Waals surface area contributed by atoms with Gasteiger partial charge >= 0.3 is 11.9 Å². The lowest BCUT2D eigenvalue weighted by Gasteiger charge is -2.26. The summed E-state index contributed by atoms with van der Waals surface area (Å²) < 4.78 is 22.9. The molecular formula is C94H157NO8. The second kappa shape index (κ2) is 82.3. The quantitative estimate of drug-likeness (QED) is 0.0195. The average molecular weight is 1430 g/mol. The maximum Gasteiger partial charge on any atom is 0.306 e. The van der Waals surface area contributed by atoms with Crippen molar-refractivity contribution in [2.75, 3.05) is 47.5 Å². The summed E-state index contributed by atoms with van der Waals surface area (Å²) in [5.41, 5.74) is 0. The fraction of sp³-hybridized carbons (Fsp3) is 0.670. The van der Waals surface area contributed by atoms with Crippen LogP contribution >= 0.6 is 0 Å². The van der Waals surface area contributed by atoms with E-state index in [1.54, 1.807) is 0 Å². The van der Waals surface area contributed by atoms with Crippen molar-refractivity contribution in [1.29, 1.82) is 0 Å². The molecule has 0 aliphatic heterocycles. The van der Waals surface area contributed by atoms with Gasteiger partial charge in [-0.2, -0.15) is 0 Å². The molecule has 0 radical (unpaired) electrons. The number of carboxylic acid groups (broad SMARTS) is 1. The molecule has 0 aromatic carbocycles. The Labute approximate surface area is 635 Å². The van der Waals surface area contributed by atoms with Crippen LogP contribution < -0.4 is 5.11 Å². The third kappa shape index (κ3) is 83.8. The number of ether oxygens (including phenoxy) is 4. The molecule has 0 saturated heterocycles. The minimum absolute atomic E-state index is 0.142. The topological polar surface area (TPSA) is 111 Å². The largest absolute Gasteiger partial charge is 0.545 e. The number of hydrogen-bond donors (Lipinski definition) is 0. The van der Waals surface area contributed by atoms with Crippen LogP contribution in [0.4, 0.5) is 0 Å². The summed E-state index contributed by atoms with van der Waals surface area (Å²) in [5, 5.41) is 11.9. The molecule has 9 heteroatoms. The molecule has 0 aromatic rings. The lowest BCUT2D eigenvalue weighted by atomic mass is 10.0. The highest BCUT2D eigenvalue weighted by molar-refractivity contribution is 5.70. The van der Waals surface area contributed by atoms with Crippen LogP contribution in [0.15, 0.2) is 170 Å². The van der Waals surface area contributed by atoms with Gasteiger partial charge < -0.3 is 33.3 Å². The number of esters is 2. The monoisotopic (exact) mass is 1430 g/mol. The van der Waals surface area contributed by atoms with Crippen molar-refractivity contribution in [2.24, 2.45) is 0 Å². The number of carboxylic acids is 1. The van der Waals surface area contributed by atoms with E-state index in [-0.39, 0.29) is 38.6 Å². The van der Waals surface area contributed by atoms with Crippen molar-refractivity contribution < 1.29 is 42.9 Å². The molecule has 9 nitrogen and oxygen atoms in total. The van der Waals surface area contributed by atoms with Gasteiger partial charge in [0.1, 0.15) is 13.2 Å². The highest BCUT2D eigenvalue weighted by Crippen LogP contribution is 2.18. The fourth-order valence-electron chi connectivity index (χ4n) is 11.6. The molecule has 0 rings (SSSR count). The molecule has 0 aromatic heterocycles. The molecule has 0 amide bonds. The average Bonchev–Trinajstić information content (AvgIpc) is 1.01. The van der Waals surface area contributed by atoms with Gasteiger partial charge in [0, 0.05) is 12.8 Å². The number of carbonyl (C=O) groups is 3. The van der Waals surface area contributed by atoms with E-state index in [1.807, 2.05) is 21.1 Å². The van der Waals surface area contributed by atoms with E-state index in [2.05, 4.69) is 184 Å². The van der Waals surface area contributed by atoms with Crippen molar-refractivity contribution in [2.45, 2.75) is 360 Å². The number of quaternary nitrogens is 1. The Balaban J connectivity index is 4.04. The first kappa shape index (κ1) is 97.7. The second-order valence-electron chi connectivity index (χ2n) is 29.0. The lowest BCUT2D eigenvalue weighted by molar-refractivity contribution is -0.870. The normalized spacial score (nSPS) is 13.5. The van der Waals surface area contributed by atoms with Crippen molar-refractivity contribution >= 4 is 17.9 Å². The molecule has 0 bridgehead atoms. The molecule has 0 N–H and O–H groups in total. The molecule has 0 aliphatic carbocycles. The van der Waals surface area contributed by atoms with Crippen molar-refractivity contribution in [3.8, 4) is 0 Å². The Morgan fingerprint density at radius 1 is 0.291 bits per heavy atom. The van der Waals surface area contributed by atoms with E-state index >= 15 is 0 Å². The number of unbranched alkanes of at least 4 members (excludes halogenated alkanes) is 34. The second-order valence-corrected chi connectivity index (χ2v) is 29.0. The summed E-state index contributed by atoms with van der Waals surface area (Å²) in [4.78, 5) is 37.7. The molecule has 0 heterocycles. The number of hydrogen-bond acceptors (Lipinski definition) is 8. The van der Waals surface area contributed by atoms with Crippen LogP contribution in [0.3, 0.4) is 0 Å². The van der Waals surface area contributed by atoms with Crippen LogP contribution in [0.2, 0.25) is 0 Å². The molecule has 0 spiro atoms. The highest BCUT2D eigenvalue weighted by Gasteiger charge is 2.22. The molecule has 0 aliphatic rings. The van der Waals surface area contributed by atoms with Gasteiger partial charge in [0.25, 0.3) is 0 Å². The molecular weight excluding hydrogens is 1270 g/mol. The van der Waals surface area contributed by atoms with E-state index in [1.165, 1.54) is 180 Å². The number of carbonyl (C=O) groups excluding carboxylic acids is 3. The number of aliphatic carboxylic acids is 1. The van der Waals surface area contributed by atoms with Crippen LogP contribution in [0.5, 0.6) is 0 Å². The van der Waals surface area contributed by atoms with Crippen LogP contribution in [0.25, 0.3) is 0 Å². The standard InChI is InChI=1S/C94H157NO8/c1-6-8-10-12-14-16-18-20-22-24-26-28-30-32-34-36-38-40-42-44-45-46-47-49-51-53-55-57-59-61-63-65-67-69-71-73-75-77-79-81-83-85-92(97)103-90(89-102-94(93(98)99)100-87-86-95(3,4)5)88-101-91(96)84-82-80-78-76-74-72-70-68-66-64-62-60-58-56-54-52-50-48-43-41-39-37-35-33-31-29-27-25-23-21-19-17-15-13-11-9-7-2/h8-11,14-17,20-23,26-29,32,34,38,40,44-45,47,49,53,55,59,61,90,94H,6-7,12-13,18-19,24-25,30-31,33,35-37,39,41-43,46,48,50-52,54,56-58,60,62-89H2,1-5H3/b10-8-,11-9-,16-14-,17-15-,22-20-,23-21-,28-26-,29-27-,34-32-,40-38-,45-44-,49-47-,55-53-,61-59-. The predicted octanol–water partition coefficient (Wildman–Crippen LogP) is 26.4. The Bertz CT molecular complexity index is 2310. The van der Waals surface area contributed by atoms with E-state index in [0.29, 0.717) is 17.4 Å². The zero-order valence-electron chi connectivity index (χ0n) is 67.1. The lowest BCUT2D eigenvalue weighted by Crippen LogP contribution is -2.44. The number of rotatable bonds is 77. The Morgan fingerprint density at radius 3 is 0.777 bits per heavy atom. The van der Waals surface area contributed by atoms with Gasteiger partial charge in [-0.3, -0.25) is 9.59 Å². The van der Waals surface area contributed by atoms with E-state index in [9.17, 15) is 19.5 Å². The predicted molar refractivity (Wildman–Crippen MR) is 444 cm³/mol. The highest BCUT2D eigenvalue weighted by atomic mass is 16.7. The first-order valence-electron chi connectivity index (χ1n) is 42.3. The van der Waals surface area contributed by atoms with Gasteiger partial charge in [0.05, 0.1) is 40.3 Å². The summed E-state index contributed by atoms with van der Waals surface area (Å²) in [5.74, 6) is -2.28. The van der Waals surface area contributed by atoms with E-state index < -0.39 is 24.3 Å². The number of allylic oxidation sites excluding steroid dienone is 28. The minimum Gasteiger partial charge on any atom is -0.545 e. The first-order chi connectivity index (χ1) is 50.6. The van der Waals surface area contributed by atoms with Crippen molar-refractivity contribution in [3.05, 3.63) is 170 Å². The summed E-state index contributed by atoms with van der Waals surface area (Å²) in [6.07, 6.45) is 121. The minimum atomic E-state index is -1.63. The molecule has 2 atom stereocenters. The van der Waals surface area contributed by atoms with Crippen LogP contribution in [-0.4, -0.2) is 82.3 Å². The van der Waals surface area contributed by atoms with E-state index in [0.717, 1.165) is 135 Å². The molecule has 0 fully saturated rings. The maximum atomic E-state index is 13.0. The SMILES string of the molecule is CC/C=C\C/C=C\C/C=C\C/C=C\C/C=C\C/C=C\C/C=C\C/C=C\C/C=C\C/C=C\CCCCCCCCCCCCC(=O)OC(COC(=O)CCCCCCCCCCCCCCCCCCCCCCCCCC/C=C\C/C=C\C/C=C\C/C=C\CC)COC(OCC[N+](C)(C)C)C(=O)[O-]. The van der Waals surface area contributed by atoms with E-state index in [4.69, 9.17) is 18.9 Å².